The molecule has 2 aromatic carbocycles. The highest BCUT2D eigenvalue weighted by molar-refractivity contribution is 6.31. The van der Waals surface area contributed by atoms with Crippen LogP contribution >= 0.6 is 11.6 Å². The molecule has 152 valence electrons. The highest BCUT2D eigenvalue weighted by Gasteiger charge is 2.17. The zero-order chi connectivity index (χ0) is 21.0. The van der Waals surface area contributed by atoms with Crippen molar-refractivity contribution in [2.75, 3.05) is 27.4 Å². The monoisotopic (exact) mass is 417 g/mol. The summed E-state index contributed by atoms with van der Waals surface area (Å²) < 4.78 is 12.3. The van der Waals surface area contributed by atoms with Gasteiger partial charge in [-0.1, -0.05) is 11.6 Å². The van der Waals surface area contributed by atoms with E-state index in [2.05, 4.69) is 5.32 Å². The molecule has 9 heteroatoms. The third kappa shape index (κ3) is 4.33. The van der Waals surface area contributed by atoms with Crippen molar-refractivity contribution in [3.05, 3.63) is 68.3 Å². The normalized spacial score (nSPS) is 10.9. The van der Waals surface area contributed by atoms with Crippen molar-refractivity contribution in [2.24, 2.45) is 0 Å². The van der Waals surface area contributed by atoms with E-state index in [0.717, 1.165) is 4.57 Å². The van der Waals surface area contributed by atoms with Crippen LogP contribution in [-0.2, 0) is 16.1 Å². The Morgan fingerprint density at radius 2 is 1.83 bits per heavy atom. The Bertz CT molecular complexity index is 1150. The van der Waals surface area contributed by atoms with Crippen LogP contribution in [0.4, 0.5) is 0 Å². The van der Waals surface area contributed by atoms with Crippen LogP contribution in [0, 0.1) is 0 Å². The number of ether oxygens (including phenoxy) is 2. The van der Waals surface area contributed by atoms with Gasteiger partial charge in [0.15, 0.2) is 0 Å². The molecule has 0 unspecified atom stereocenters. The topological polar surface area (TPSA) is 91.6 Å². The molecule has 1 aromatic heterocycles. The Labute approximate surface area is 171 Å². The number of halogens is 1. The first-order chi connectivity index (χ1) is 14.0. The summed E-state index contributed by atoms with van der Waals surface area (Å²) in [6.45, 7) is 0.384. The van der Waals surface area contributed by atoms with Gasteiger partial charge in [0.05, 0.1) is 30.3 Å². The smallest absolute Gasteiger partial charge is 0.336 e. The molecule has 1 N–H and O–H groups in total. The Morgan fingerprint density at radius 3 is 2.48 bits per heavy atom. The second-order valence-electron chi connectivity index (χ2n) is 6.21. The van der Waals surface area contributed by atoms with Crippen molar-refractivity contribution >= 4 is 28.4 Å². The maximum atomic E-state index is 13.2. The van der Waals surface area contributed by atoms with Crippen molar-refractivity contribution < 1.29 is 14.3 Å². The molecule has 0 saturated carbocycles. The standard InChI is InChI=1S/C20H20ClN3O5/c1-28-10-9-22-18(25)12-23-17-11-13(21)3-8-16(17)19(26)24(20(23)27)14-4-6-15(29-2)7-5-14/h3-8,11H,9-10,12H2,1-2H3,(H,22,25). The number of hydrogen-bond donors (Lipinski definition) is 1. The number of methoxy groups -OCH3 is 2. The molecule has 3 rings (SSSR count). The first-order valence-electron chi connectivity index (χ1n) is 8.81. The summed E-state index contributed by atoms with van der Waals surface area (Å²) >= 11 is 6.07. The Balaban J connectivity index is 2.17. The molecular weight excluding hydrogens is 398 g/mol. The van der Waals surface area contributed by atoms with E-state index in [-0.39, 0.29) is 17.8 Å². The quantitative estimate of drug-likeness (QED) is 0.589. The summed E-state index contributed by atoms with van der Waals surface area (Å²) in [7, 11) is 3.05. The van der Waals surface area contributed by atoms with Crippen molar-refractivity contribution in [3.8, 4) is 11.4 Å². The lowest BCUT2D eigenvalue weighted by Crippen LogP contribution is -2.42. The number of benzene rings is 2. The average Bonchev–Trinajstić information content (AvgIpc) is 2.72. The van der Waals surface area contributed by atoms with Crippen LogP contribution in [0.25, 0.3) is 16.6 Å². The van der Waals surface area contributed by atoms with E-state index in [1.54, 1.807) is 36.4 Å². The van der Waals surface area contributed by atoms with Crippen molar-refractivity contribution in [1.29, 1.82) is 0 Å². The summed E-state index contributed by atoms with van der Waals surface area (Å²) in [6, 6.07) is 11.1. The number of amides is 1. The molecule has 1 amide bonds. The summed E-state index contributed by atoms with van der Waals surface area (Å²) in [4.78, 5) is 38.5. The van der Waals surface area contributed by atoms with Crippen LogP contribution in [-0.4, -0.2) is 42.4 Å². The van der Waals surface area contributed by atoms with Gasteiger partial charge in [0.1, 0.15) is 12.3 Å². The maximum absolute atomic E-state index is 13.2. The third-order valence-electron chi connectivity index (χ3n) is 4.37. The van der Waals surface area contributed by atoms with Crippen LogP contribution in [0.5, 0.6) is 5.75 Å². The SMILES string of the molecule is COCCNC(=O)Cn1c(=O)n(-c2ccc(OC)cc2)c(=O)c2ccc(Cl)cc21. The summed E-state index contributed by atoms with van der Waals surface area (Å²) in [5.74, 6) is 0.206. The van der Waals surface area contributed by atoms with Crippen molar-refractivity contribution in [2.45, 2.75) is 6.54 Å². The minimum atomic E-state index is -0.642. The zero-order valence-electron chi connectivity index (χ0n) is 16.0. The van der Waals surface area contributed by atoms with Gasteiger partial charge in [0.2, 0.25) is 5.91 Å². The number of nitrogens with one attached hydrogen (secondary N) is 1. The minimum Gasteiger partial charge on any atom is -0.497 e. The fraction of sp³-hybridized carbons (Fsp3) is 0.250. The number of carbonyl (C=O) groups excluding carboxylic acids is 1. The highest BCUT2D eigenvalue weighted by Crippen LogP contribution is 2.17. The van der Waals surface area contributed by atoms with E-state index >= 15 is 0 Å². The zero-order valence-corrected chi connectivity index (χ0v) is 16.7. The number of aromatic nitrogens is 2. The molecule has 0 aliphatic rings. The van der Waals surface area contributed by atoms with Crippen molar-refractivity contribution in [3.63, 3.8) is 0 Å². The summed E-state index contributed by atoms with van der Waals surface area (Å²) in [6.07, 6.45) is 0. The Hall–Kier alpha value is -3.10. The van der Waals surface area contributed by atoms with E-state index in [1.807, 2.05) is 0 Å². The van der Waals surface area contributed by atoms with Gasteiger partial charge in [-0.3, -0.25) is 14.2 Å². The second-order valence-corrected chi connectivity index (χ2v) is 6.65. The minimum absolute atomic E-state index is 0.268. The molecule has 8 nitrogen and oxygen atoms in total. The molecule has 0 saturated heterocycles. The molecule has 1 heterocycles. The average molecular weight is 418 g/mol. The lowest BCUT2D eigenvalue weighted by Gasteiger charge is -2.14. The van der Waals surface area contributed by atoms with E-state index in [4.69, 9.17) is 21.1 Å². The van der Waals surface area contributed by atoms with Crippen LogP contribution in [0.2, 0.25) is 5.02 Å². The van der Waals surface area contributed by atoms with Gasteiger partial charge in [-0.25, -0.2) is 9.36 Å². The molecule has 0 aliphatic heterocycles. The molecule has 0 radical (unpaired) electrons. The van der Waals surface area contributed by atoms with Crippen molar-refractivity contribution in [1.82, 2.24) is 14.5 Å². The molecule has 0 spiro atoms. The molecule has 29 heavy (non-hydrogen) atoms. The number of hydrogen-bond acceptors (Lipinski definition) is 5. The Morgan fingerprint density at radius 1 is 1.10 bits per heavy atom. The molecule has 0 aliphatic carbocycles. The van der Waals surface area contributed by atoms with Crippen LogP contribution in [0.1, 0.15) is 0 Å². The van der Waals surface area contributed by atoms with Gasteiger partial charge in [-0.05, 0) is 42.5 Å². The molecular formula is C20H20ClN3O5. The number of carbonyl (C=O) groups is 1. The first-order valence-corrected chi connectivity index (χ1v) is 9.19. The first kappa shape index (κ1) is 20.6. The van der Waals surface area contributed by atoms with E-state index < -0.39 is 11.2 Å². The molecule has 0 bridgehead atoms. The van der Waals surface area contributed by atoms with Gasteiger partial charge in [0.25, 0.3) is 5.56 Å². The Kier molecular flexibility index (Phi) is 6.36. The van der Waals surface area contributed by atoms with Crippen LogP contribution < -0.4 is 21.3 Å². The van der Waals surface area contributed by atoms with Crippen LogP contribution in [0.15, 0.2) is 52.1 Å². The van der Waals surface area contributed by atoms with Gasteiger partial charge < -0.3 is 14.8 Å². The lowest BCUT2D eigenvalue weighted by molar-refractivity contribution is -0.121. The fourth-order valence-corrected chi connectivity index (χ4v) is 3.11. The number of nitrogens with zero attached hydrogens (tertiary/aromatic N) is 2. The van der Waals surface area contributed by atoms with Gasteiger partial charge in [0, 0.05) is 18.7 Å². The van der Waals surface area contributed by atoms with Gasteiger partial charge in [-0.2, -0.15) is 0 Å². The fourth-order valence-electron chi connectivity index (χ4n) is 2.94. The highest BCUT2D eigenvalue weighted by atomic mass is 35.5. The number of rotatable bonds is 7. The second kappa shape index (κ2) is 8.93. The van der Waals surface area contributed by atoms with Gasteiger partial charge >= 0.3 is 5.69 Å². The summed E-state index contributed by atoms with van der Waals surface area (Å²) in [5, 5.41) is 3.29. The van der Waals surface area contributed by atoms with Crippen LogP contribution in [0.3, 0.4) is 0 Å². The molecule has 0 fully saturated rings. The van der Waals surface area contributed by atoms with E-state index in [1.165, 1.54) is 24.9 Å². The maximum Gasteiger partial charge on any atom is 0.336 e. The third-order valence-corrected chi connectivity index (χ3v) is 4.60. The lowest BCUT2D eigenvalue weighted by atomic mass is 10.2. The van der Waals surface area contributed by atoms with E-state index in [9.17, 15) is 14.4 Å². The molecule has 3 aromatic rings. The number of fused-ring (bicyclic) bond motifs is 1. The van der Waals surface area contributed by atoms with Gasteiger partial charge in [-0.15, -0.1) is 0 Å². The van der Waals surface area contributed by atoms with E-state index in [0.29, 0.717) is 35.1 Å². The predicted octanol–water partition coefficient (Wildman–Crippen LogP) is 1.58. The summed E-state index contributed by atoms with van der Waals surface area (Å²) in [5.41, 5.74) is -0.481. The predicted molar refractivity (Wildman–Crippen MR) is 110 cm³/mol. The molecule has 0 atom stereocenters. The largest absolute Gasteiger partial charge is 0.497 e.